The molecule has 1 saturated heterocycles. The second kappa shape index (κ2) is 5.25. The Hall–Kier alpha value is -0.450. The maximum Gasteiger partial charge on any atom is 0.0634 e. The molecule has 1 N–H and O–H groups in total. The first kappa shape index (κ1) is 12.0. The maximum absolute atomic E-state index is 10.1. The molecule has 88 valence electrons. The van der Waals surface area contributed by atoms with Crippen LogP contribution in [0, 0.1) is 5.92 Å². The summed E-state index contributed by atoms with van der Waals surface area (Å²) in [6.07, 6.45) is 4.96. The minimum atomic E-state index is -0.339. The minimum absolute atomic E-state index is 0.162. The lowest BCUT2D eigenvalue weighted by Crippen LogP contribution is -2.28. The van der Waals surface area contributed by atoms with Gasteiger partial charge in [-0.3, -0.25) is 4.98 Å². The predicted molar refractivity (Wildman–Crippen MR) is 65.2 cm³/mol. The number of rotatable bonds is 3. The van der Waals surface area contributed by atoms with Crippen LogP contribution in [0.25, 0.3) is 0 Å². The Morgan fingerprint density at radius 2 is 2.44 bits per heavy atom. The number of nitrogens with zero attached hydrogens (tertiary/aromatic N) is 1. The van der Waals surface area contributed by atoms with Gasteiger partial charge in [0, 0.05) is 35.8 Å². The standard InChI is InChI=1S/C12H16BrNO2/c1-8-11(2-3-16-8)12(15)5-9-4-10(13)7-14-6-9/h4,6-8,11-12,15H,2-3,5H2,1H3. The SMILES string of the molecule is CC1OCCC1C(O)Cc1cncc(Br)c1. The molecule has 1 fully saturated rings. The molecule has 1 aromatic rings. The summed E-state index contributed by atoms with van der Waals surface area (Å²) in [5, 5.41) is 10.1. The fraction of sp³-hybridized carbons (Fsp3) is 0.583. The Bertz CT molecular complexity index is 359. The quantitative estimate of drug-likeness (QED) is 0.926. The molecule has 4 heteroatoms. The summed E-state index contributed by atoms with van der Waals surface area (Å²) in [7, 11) is 0. The fourth-order valence-corrected chi connectivity index (χ4v) is 2.63. The lowest BCUT2D eigenvalue weighted by atomic mass is 9.92. The van der Waals surface area contributed by atoms with E-state index in [1.807, 2.05) is 13.0 Å². The van der Waals surface area contributed by atoms with Crippen LogP contribution >= 0.6 is 15.9 Å². The van der Waals surface area contributed by atoms with E-state index in [1.54, 1.807) is 12.4 Å². The summed E-state index contributed by atoms with van der Waals surface area (Å²) in [5.41, 5.74) is 1.06. The molecule has 16 heavy (non-hydrogen) atoms. The second-order valence-corrected chi connectivity index (χ2v) is 5.23. The van der Waals surface area contributed by atoms with Crippen molar-refractivity contribution in [2.45, 2.75) is 32.0 Å². The van der Waals surface area contributed by atoms with Crippen LogP contribution in [0.3, 0.4) is 0 Å². The Balaban J connectivity index is 1.99. The Morgan fingerprint density at radius 3 is 3.06 bits per heavy atom. The van der Waals surface area contributed by atoms with Crippen LogP contribution in [0.5, 0.6) is 0 Å². The molecular weight excluding hydrogens is 270 g/mol. The Kier molecular flexibility index (Phi) is 3.95. The molecule has 0 saturated carbocycles. The predicted octanol–water partition coefficient (Wildman–Crippen LogP) is 2.17. The van der Waals surface area contributed by atoms with E-state index in [2.05, 4.69) is 20.9 Å². The van der Waals surface area contributed by atoms with Crippen molar-refractivity contribution in [3.63, 3.8) is 0 Å². The molecule has 0 amide bonds. The molecular formula is C12H16BrNO2. The van der Waals surface area contributed by atoms with E-state index in [0.29, 0.717) is 6.42 Å². The topological polar surface area (TPSA) is 42.4 Å². The van der Waals surface area contributed by atoms with Crippen LogP contribution in [0.4, 0.5) is 0 Å². The van der Waals surface area contributed by atoms with Gasteiger partial charge in [-0.15, -0.1) is 0 Å². The molecule has 1 aromatic heterocycles. The lowest BCUT2D eigenvalue weighted by Gasteiger charge is -2.20. The van der Waals surface area contributed by atoms with Crippen LogP contribution in [0.1, 0.15) is 18.9 Å². The molecule has 0 aliphatic carbocycles. The minimum Gasteiger partial charge on any atom is -0.392 e. The van der Waals surface area contributed by atoms with Crippen molar-refractivity contribution in [1.29, 1.82) is 0 Å². The molecule has 0 radical (unpaired) electrons. The Labute approximate surface area is 104 Å². The largest absolute Gasteiger partial charge is 0.392 e. The van der Waals surface area contributed by atoms with Gasteiger partial charge < -0.3 is 9.84 Å². The smallest absolute Gasteiger partial charge is 0.0634 e. The van der Waals surface area contributed by atoms with Crippen LogP contribution in [0.2, 0.25) is 0 Å². The third-order valence-electron chi connectivity index (χ3n) is 3.14. The summed E-state index contributed by atoms with van der Waals surface area (Å²) < 4.78 is 6.41. The van der Waals surface area contributed by atoms with Gasteiger partial charge in [-0.2, -0.15) is 0 Å². The zero-order chi connectivity index (χ0) is 11.5. The molecule has 0 bridgehead atoms. The van der Waals surface area contributed by atoms with Gasteiger partial charge in [-0.25, -0.2) is 0 Å². The first-order chi connectivity index (χ1) is 7.66. The van der Waals surface area contributed by atoms with Crippen molar-refractivity contribution in [2.75, 3.05) is 6.61 Å². The van der Waals surface area contributed by atoms with Crippen LogP contribution < -0.4 is 0 Å². The van der Waals surface area contributed by atoms with Gasteiger partial charge in [0.25, 0.3) is 0 Å². The third kappa shape index (κ3) is 2.81. The van der Waals surface area contributed by atoms with Crippen LogP contribution in [0.15, 0.2) is 22.9 Å². The summed E-state index contributed by atoms with van der Waals surface area (Å²) in [6, 6.07) is 2.00. The summed E-state index contributed by atoms with van der Waals surface area (Å²) in [5.74, 6) is 0.249. The van der Waals surface area contributed by atoms with Crippen molar-refractivity contribution >= 4 is 15.9 Å². The molecule has 1 aliphatic rings. The number of aliphatic hydroxyl groups excluding tert-OH is 1. The molecule has 0 aromatic carbocycles. The van der Waals surface area contributed by atoms with E-state index in [0.717, 1.165) is 23.1 Å². The first-order valence-electron chi connectivity index (χ1n) is 5.56. The van der Waals surface area contributed by atoms with E-state index in [9.17, 15) is 5.11 Å². The number of ether oxygens (including phenoxy) is 1. The van der Waals surface area contributed by atoms with Crippen molar-refractivity contribution in [1.82, 2.24) is 4.98 Å². The van der Waals surface area contributed by atoms with Crippen LogP contribution in [-0.2, 0) is 11.2 Å². The van der Waals surface area contributed by atoms with E-state index in [-0.39, 0.29) is 18.1 Å². The summed E-state index contributed by atoms with van der Waals surface area (Å²) in [4.78, 5) is 4.09. The molecule has 3 atom stereocenters. The highest BCUT2D eigenvalue weighted by Crippen LogP contribution is 2.26. The Morgan fingerprint density at radius 1 is 1.62 bits per heavy atom. The molecule has 2 rings (SSSR count). The van der Waals surface area contributed by atoms with Crippen molar-refractivity contribution in [3.8, 4) is 0 Å². The maximum atomic E-state index is 10.1. The highest BCUT2D eigenvalue weighted by atomic mass is 79.9. The number of halogens is 1. The van der Waals surface area contributed by atoms with Gasteiger partial charge in [0.15, 0.2) is 0 Å². The van der Waals surface area contributed by atoms with Gasteiger partial charge in [-0.1, -0.05) is 0 Å². The van der Waals surface area contributed by atoms with E-state index in [1.165, 1.54) is 0 Å². The van der Waals surface area contributed by atoms with E-state index < -0.39 is 0 Å². The highest BCUT2D eigenvalue weighted by molar-refractivity contribution is 9.10. The van der Waals surface area contributed by atoms with E-state index in [4.69, 9.17) is 4.74 Å². The molecule has 0 spiro atoms. The first-order valence-corrected chi connectivity index (χ1v) is 6.35. The molecule has 1 aliphatic heterocycles. The van der Waals surface area contributed by atoms with Gasteiger partial charge in [0.05, 0.1) is 12.2 Å². The fourth-order valence-electron chi connectivity index (χ4n) is 2.21. The zero-order valence-electron chi connectivity index (χ0n) is 9.27. The number of hydrogen-bond donors (Lipinski definition) is 1. The third-order valence-corrected chi connectivity index (χ3v) is 3.57. The molecule has 2 heterocycles. The van der Waals surface area contributed by atoms with Gasteiger partial charge in [0.1, 0.15) is 0 Å². The van der Waals surface area contributed by atoms with E-state index >= 15 is 0 Å². The summed E-state index contributed by atoms with van der Waals surface area (Å²) >= 11 is 3.38. The van der Waals surface area contributed by atoms with Crippen molar-refractivity contribution < 1.29 is 9.84 Å². The van der Waals surface area contributed by atoms with Gasteiger partial charge in [-0.05, 0) is 40.9 Å². The number of aromatic nitrogens is 1. The van der Waals surface area contributed by atoms with Crippen LogP contribution in [-0.4, -0.2) is 28.9 Å². The summed E-state index contributed by atoms with van der Waals surface area (Å²) in [6.45, 7) is 2.79. The van der Waals surface area contributed by atoms with Gasteiger partial charge in [0.2, 0.25) is 0 Å². The van der Waals surface area contributed by atoms with Gasteiger partial charge >= 0.3 is 0 Å². The monoisotopic (exact) mass is 285 g/mol. The number of pyridine rings is 1. The normalized spacial score (nSPS) is 26.9. The number of aliphatic hydroxyl groups is 1. The lowest BCUT2D eigenvalue weighted by molar-refractivity contribution is 0.0440. The second-order valence-electron chi connectivity index (χ2n) is 4.31. The molecule has 3 nitrogen and oxygen atoms in total. The average molecular weight is 286 g/mol. The molecule has 3 unspecified atom stereocenters. The average Bonchev–Trinajstić information content (AvgIpc) is 2.64. The number of hydrogen-bond acceptors (Lipinski definition) is 3. The van der Waals surface area contributed by atoms with Crippen molar-refractivity contribution in [2.24, 2.45) is 5.92 Å². The highest BCUT2D eigenvalue weighted by Gasteiger charge is 2.30. The van der Waals surface area contributed by atoms with Crippen molar-refractivity contribution in [3.05, 3.63) is 28.5 Å². The zero-order valence-corrected chi connectivity index (χ0v) is 10.9.